The average Bonchev–Trinajstić information content (AvgIpc) is 2.81. The van der Waals surface area contributed by atoms with Gasteiger partial charge in [-0.05, 0) is 25.7 Å². The highest BCUT2D eigenvalue weighted by Crippen LogP contribution is 2.30. The van der Waals surface area contributed by atoms with Crippen LogP contribution in [0, 0.1) is 25.7 Å². The van der Waals surface area contributed by atoms with Crippen LogP contribution in [-0.4, -0.2) is 46.7 Å². The fourth-order valence-corrected chi connectivity index (χ4v) is 4.75. The Morgan fingerprint density at radius 1 is 1.29 bits per heavy atom. The highest BCUT2D eigenvalue weighted by molar-refractivity contribution is 7.89. The summed E-state index contributed by atoms with van der Waals surface area (Å²) in [6.45, 7) is 7.91. The van der Waals surface area contributed by atoms with Gasteiger partial charge in [0.2, 0.25) is 10.0 Å². The van der Waals surface area contributed by atoms with E-state index in [0.717, 1.165) is 0 Å². The Bertz CT molecular complexity index is 655. The summed E-state index contributed by atoms with van der Waals surface area (Å²) in [6.07, 6.45) is 0. The molecule has 21 heavy (non-hydrogen) atoms. The summed E-state index contributed by atoms with van der Waals surface area (Å²) in [5.41, 5.74) is 0.725. The topological polar surface area (TPSA) is 92.5 Å². The number of aryl methyl sites for hydroxylation is 1. The summed E-state index contributed by atoms with van der Waals surface area (Å²) in [6, 6.07) is 0. The van der Waals surface area contributed by atoms with Gasteiger partial charge in [-0.2, -0.15) is 9.40 Å². The van der Waals surface area contributed by atoms with E-state index < -0.39 is 16.0 Å². The van der Waals surface area contributed by atoms with Crippen molar-refractivity contribution >= 4 is 16.0 Å². The van der Waals surface area contributed by atoms with Gasteiger partial charge in [0.1, 0.15) is 11.4 Å². The lowest BCUT2D eigenvalue weighted by atomic mass is 10.0. The van der Waals surface area contributed by atoms with Gasteiger partial charge in [-0.15, -0.1) is 0 Å². The van der Waals surface area contributed by atoms with Crippen LogP contribution in [0.3, 0.4) is 0 Å². The summed E-state index contributed by atoms with van der Waals surface area (Å²) in [4.78, 5) is 11.0. The standard InChI is InChI=1S/C13H21N3O4S/c1-8-5-15(6-9(8)2)21(19,20)13-10(3)14-16(11(13)4)7-12(17)18/h8-9H,5-7H2,1-4H3,(H,17,18). The third-order valence-electron chi connectivity index (χ3n) is 4.15. The van der Waals surface area contributed by atoms with Gasteiger partial charge in [-0.3, -0.25) is 9.48 Å². The van der Waals surface area contributed by atoms with Gasteiger partial charge in [0.25, 0.3) is 0 Å². The van der Waals surface area contributed by atoms with E-state index in [1.165, 1.54) is 8.99 Å². The molecule has 0 bridgehead atoms. The Hall–Kier alpha value is -1.41. The molecule has 1 N–H and O–H groups in total. The minimum Gasteiger partial charge on any atom is -0.480 e. The third kappa shape index (κ3) is 2.82. The molecular formula is C13H21N3O4S. The number of carboxylic acids is 1. The lowest BCUT2D eigenvalue weighted by molar-refractivity contribution is -0.137. The Labute approximate surface area is 124 Å². The zero-order chi connectivity index (χ0) is 15.9. The molecule has 7 nitrogen and oxygen atoms in total. The first-order valence-electron chi connectivity index (χ1n) is 6.90. The second-order valence-electron chi connectivity index (χ2n) is 5.83. The van der Waals surface area contributed by atoms with E-state index in [1.54, 1.807) is 13.8 Å². The number of hydrogen-bond donors (Lipinski definition) is 1. The van der Waals surface area contributed by atoms with Gasteiger partial charge in [-0.1, -0.05) is 13.8 Å². The number of rotatable bonds is 4. The smallest absolute Gasteiger partial charge is 0.325 e. The SMILES string of the molecule is Cc1nn(CC(=O)O)c(C)c1S(=O)(=O)N1CC(C)C(C)C1. The number of sulfonamides is 1. The summed E-state index contributed by atoms with van der Waals surface area (Å²) in [7, 11) is -3.62. The van der Waals surface area contributed by atoms with E-state index in [9.17, 15) is 13.2 Å². The number of aromatic nitrogens is 2. The van der Waals surface area contributed by atoms with E-state index in [1.807, 2.05) is 13.8 Å². The molecule has 8 heteroatoms. The summed E-state index contributed by atoms with van der Waals surface area (Å²) in [5, 5.41) is 12.9. The molecule has 0 aromatic carbocycles. The number of carbonyl (C=O) groups is 1. The van der Waals surface area contributed by atoms with Crippen LogP contribution < -0.4 is 0 Å². The first-order chi connectivity index (χ1) is 9.64. The minimum atomic E-state index is -3.62. The van der Waals surface area contributed by atoms with E-state index in [0.29, 0.717) is 36.3 Å². The molecule has 2 atom stereocenters. The van der Waals surface area contributed by atoms with Gasteiger partial charge in [0.05, 0.1) is 11.4 Å². The number of carboxylic acid groups (broad SMARTS) is 1. The zero-order valence-corrected chi connectivity index (χ0v) is 13.5. The Morgan fingerprint density at radius 2 is 1.81 bits per heavy atom. The molecule has 2 unspecified atom stereocenters. The first-order valence-corrected chi connectivity index (χ1v) is 8.34. The molecule has 0 aliphatic carbocycles. The summed E-state index contributed by atoms with van der Waals surface area (Å²) < 4.78 is 28.3. The van der Waals surface area contributed by atoms with Crippen molar-refractivity contribution in [3.8, 4) is 0 Å². The first kappa shape index (κ1) is 16.0. The monoisotopic (exact) mass is 315 g/mol. The molecular weight excluding hydrogens is 294 g/mol. The van der Waals surface area contributed by atoms with E-state index in [-0.39, 0.29) is 11.4 Å². The van der Waals surface area contributed by atoms with E-state index in [2.05, 4.69) is 5.10 Å². The highest BCUT2D eigenvalue weighted by Gasteiger charge is 2.37. The minimum absolute atomic E-state index is 0.144. The predicted octanol–water partition coefficient (Wildman–Crippen LogP) is 0.861. The molecule has 1 aliphatic heterocycles. The Morgan fingerprint density at radius 3 is 2.29 bits per heavy atom. The number of hydrogen-bond acceptors (Lipinski definition) is 4. The van der Waals surface area contributed by atoms with Crippen LogP contribution in [0.1, 0.15) is 25.2 Å². The predicted molar refractivity (Wildman–Crippen MR) is 76.4 cm³/mol. The van der Waals surface area contributed by atoms with Crippen molar-refractivity contribution in [2.24, 2.45) is 11.8 Å². The largest absolute Gasteiger partial charge is 0.480 e. The molecule has 2 heterocycles. The van der Waals surface area contributed by atoms with E-state index in [4.69, 9.17) is 5.11 Å². The lowest BCUT2D eigenvalue weighted by Gasteiger charge is -2.16. The van der Waals surface area contributed by atoms with Crippen molar-refractivity contribution in [1.29, 1.82) is 0 Å². The fraction of sp³-hybridized carbons (Fsp3) is 0.692. The summed E-state index contributed by atoms with van der Waals surface area (Å²) in [5.74, 6) is -0.420. The molecule has 0 saturated carbocycles. The zero-order valence-electron chi connectivity index (χ0n) is 12.7. The Kier molecular flexibility index (Phi) is 4.12. The van der Waals surface area contributed by atoms with Crippen molar-refractivity contribution in [2.75, 3.05) is 13.1 Å². The maximum absolute atomic E-state index is 12.8. The lowest BCUT2D eigenvalue weighted by Crippen LogP contribution is -2.30. The third-order valence-corrected chi connectivity index (χ3v) is 6.24. The van der Waals surface area contributed by atoms with Gasteiger partial charge >= 0.3 is 5.97 Å². The maximum atomic E-state index is 12.8. The molecule has 0 spiro atoms. The van der Waals surface area contributed by atoms with Gasteiger partial charge in [0.15, 0.2) is 0 Å². The average molecular weight is 315 g/mol. The second kappa shape index (κ2) is 5.42. The number of nitrogens with zero attached hydrogens (tertiary/aromatic N) is 3. The molecule has 0 radical (unpaired) electrons. The molecule has 1 aromatic heterocycles. The van der Waals surface area contributed by atoms with Gasteiger partial charge < -0.3 is 5.11 Å². The number of aliphatic carboxylic acids is 1. The molecule has 118 valence electrons. The van der Waals surface area contributed by atoms with Gasteiger partial charge in [-0.25, -0.2) is 8.42 Å². The van der Waals surface area contributed by atoms with Crippen molar-refractivity contribution in [3.05, 3.63) is 11.4 Å². The van der Waals surface area contributed by atoms with Crippen LogP contribution in [0.15, 0.2) is 4.90 Å². The van der Waals surface area contributed by atoms with Crippen molar-refractivity contribution in [3.63, 3.8) is 0 Å². The summed E-state index contributed by atoms with van der Waals surface area (Å²) >= 11 is 0. The molecule has 0 amide bonds. The van der Waals surface area contributed by atoms with Crippen molar-refractivity contribution in [1.82, 2.24) is 14.1 Å². The van der Waals surface area contributed by atoms with Crippen LogP contribution >= 0.6 is 0 Å². The van der Waals surface area contributed by atoms with Crippen LogP contribution in [-0.2, 0) is 21.4 Å². The second-order valence-corrected chi connectivity index (χ2v) is 7.70. The van der Waals surface area contributed by atoms with E-state index >= 15 is 0 Å². The molecule has 1 aromatic rings. The molecule has 1 aliphatic rings. The fourth-order valence-electron chi connectivity index (χ4n) is 2.74. The maximum Gasteiger partial charge on any atom is 0.325 e. The van der Waals surface area contributed by atoms with Crippen LogP contribution in [0.25, 0.3) is 0 Å². The molecule has 2 rings (SSSR count). The quantitative estimate of drug-likeness (QED) is 0.889. The van der Waals surface area contributed by atoms with Crippen LogP contribution in [0.4, 0.5) is 0 Å². The highest BCUT2D eigenvalue weighted by atomic mass is 32.2. The van der Waals surface area contributed by atoms with Gasteiger partial charge in [0, 0.05) is 13.1 Å². The normalized spacial score (nSPS) is 23.6. The van der Waals surface area contributed by atoms with Crippen LogP contribution in [0.5, 0.6) is 0 Å². The van der Waals surface area contributed by atoms with Crippen molar-refractivity contribution in [2.45, 2.75) is 39.1 Å². The molecule has 1 saturated heterocycles. The van der Waals surface area contributed by atoms with Crippen LogP contribution in [0.2, 0.25) is 0 Å². The molecule has 1 fully saturated rings. The Balaban J connectivity index is 2.41. The van der Waals surface area contributed by atoms with Crippen molar-refractivity contribution < 1.29 is 18.3 Å².